The number of aryl methyl sites for hydroxylation is 1. The van der Waals surface area contributed by atoms with E-state index in [0.717, 1.165) is 22.2 Å². The molecule has 0 radical (unpaired) electrons. The van der Waals surface area contributed by atoms with E-state index in [0.29, 0.717) is 41.2 Å². The predicted octanol–water partition coefficient (Wildman–Crippen LogP) is 8.12. The second-order valence-electron chi connectivity index (χ2n) is 14.3. The largest absolute Gasteiger partial charge is 0.460 e. The number of hydrogen-bond donors (Lipinski definition) is 4. The third-order valence-corrected chi connectivity index (χ3v) is 11.2. The van der Waals surface area contributed by atoms with Gasteiger partial charge in [0.2, 0.25) is 11.8 Å². The highest BCUT2D eigenvalue weighted by Gasteiger charge is 2.45. The van der Waals surface area contributed by atoms with Crippen LogP contribution in [-0.2, 0) is 38.5 Å². The molecule has 1 aliphatic carbocycles. The number of carbonyl (C=O) groups excluding carboxylic acids is 4. The molecular weight excluding hydrogens is 747 g/mol. The maximum Gasteiger partial charge on any atom is 0.408 e. The second kappa shape index (κ2) is 18.3. The van der Waals surface area contributed by atoms with Gasteiger partial charge in [-0.05, 0) is 79.3 Å². The molecule has 0 bridgehead atoms. The number of aromatic nitrogens is 3. The minimum Gasteiger partial charge on any atom is -0.460 e. The van der Waals surface area contributed by atoms with Gasteiger partial charge in [0.25, 0.3) is 5.82 Å². The van der Waals surface area contributed by atoms with Crippen LogP contribution in [0.15, 0.2) is 47.0 Å². The summed E-state index contributed by atoms with van der Waals surface area (Å²) in [4.78, 5) is 61.6. The fourth-order valence-corrected chi connectivity index (χ4v) is 7.48. The average Bonchev–Trinajstić information content (AvgIpc) is 3.82. The molecule has 4 aromatic rings. The Hall–Kier alpha value is -4.75. The fourth-order valence-electron chi connectivity index (χ4n) is 6.94. The number of ether oxygens (including phenoxy) is 2. The molecule has 0 fully saturated rings. The molecule has 294 valence electrons. The van der Waals surface area contributed by atoms with Gasteiger partial charge in [0.05, 0.1) is 34.3 Å². The van der Waals surface area contributed by atoms with E-state index in [4.69, 9.17) is 42.6 Å². The lowest BCUT2D eigenvalue weighted by atomic mass is 9.68. The van der Waals surface area contributed by atoms with E-state index in [1.54, 1.807) is 13.0 Å². The number of ketones is 1. The van der Waals surface area contributed by atoms with E-state index in [2.05, 4.69) is 25.8 Å². The summed E-state index contributed by atoms with van der Waals surface area (Å²) in [5.74, 6) is -2.26. The first kappa shape index (κ1) is 41.4. The highest BCUT2D eigenvalue weighted by atomic mass is 35.5. The highest BCUT2D eigenvalue weighted by molar-refractivity contribution is 6.41. The van der Waals surface area contributed by atoms with Crippen molar-refractivity contribution in [1.82, 2.24) is 25.8 Å². The average molecular weight is 796 g/mol. The molecular formula is C40H48Cl2N6O7. The number of H-pyrrole nitrogens is 1. The van der Waals surface area contributed by atoms with Crippen LogP contribution in [0, 0.1) is 22.7 Å². The third-order valence-electron chi connectivity index (χ3n) is 10.7. The molecule has 0 aliphatic heterocycles. The van der Waals surface area contributed by atoms with Crippen molar-refractivity contribution in [2.45, 2.75) is 98.3 Å². The zero-order chi connectivity index (χ0) is 39.9. The Morgan fingerprint density at radius 1 is 1.02 bits per heavy atom. The van der Waals surface area contributed by atoms with Gasteiger partial charge in [-0.2, -0.15) is 4.98 Å². The number of benzene rings is 2. The number of alkyl carbamates (subject to hydrolysis) is 1. The van der Waals surface area contributed by atoms with Crippen molar-refractivity contribution >= 4 is 63.6 Å². The van der Waals surface area contributed by atoms with E-state index in [1.807, 2.05) is 64.1 Å². The quantitative estimate of drug-likeness (QED) is 0.0604. The topological polar surface area (TPSA) is 189 Å². The van der Waals surface area contributed by atoms with Crippen LogP contribution >= 0.6 is 23.2 Å². The molecule has 5 rings (SSSR count). The lowest BCUT2D eigenvalue weighted by Gasteiger charge is -2.38. The number of aromatic amines is 1. The smallest absolute Gasteiger partial charge is 0.408 e. The van der Waals surface area contributed by atoms with Gasteiger partial charge in [-0.15, -0.1) is 0 Å². The summed E-state index contributed by atoms with van der Waals surface area (Å²) in [5, 5.41) is 20.3. The summed E-state index contributed by atoms with van der Waals surface area (Å²) in [6.07, 6.45) is 1.67. The number of nitrogens with zero attached hydrogens (tertiary/aromatic N) is 2. The van der Waals surface area contributed by atoms with Crippen molar-refractivity contribution in [3.8, 4) is 0 Å². The number of carbonyl (C=O) groups is 4. The fraction of sp³-hybridized carbons (Fsp3) is 0.475. The summed E-state index contributed by atoms with van der Waals surface area (Å²) in [5.41, 5.74) is 2.00. The summed E-state index contributed by atoms with van der Waals surface area (Å²) in [6.45, 7) is 9.44. The van der Waals surface area contributed by atoms with Crippen molar-refractivity contribution in [2.75, 3.05) is 6.61 Å². The van der Waals surface area contributed by atoms with E-state index >= 15 is 0 Å². The van der Waals surface area contributed by atoms with Crippen LogP contribution < -0.4 is 10.6 Å². The summed E-state index contributed by atoms with van der Waals surface area (Å²) >= 11 is 13.0. The number of rotatable bonds is 17. The van der Waals surface area contributed by atoms with Crippen LogP contribution in [-0.4, -0.2) is 57.2 Å². The van der Waals surface area contributed by atoms with Crippen molar-refractivity contribution < 1.29 is 33.2 Å². The van der Waals surface area contributed by atoms with Gasteiger partial charge in [0.15, 0.2) is 5.78 Å². The standard InChI is InChI=1S/C40H48Cl2N6O7/c1-6-22(4)31(46-39(52)54-21-24-12-10-9-11-13-24)34(49)29(43)14-16-40(17-15-30-27(20-40)26-18-25(41)19-28(42)33(26)44-30)38(51)45-32(23(5)7-2)36-47-35(48-55-36)37(50)53-8-3/h9-13,18-19,22-23,31-32,43-44H,6-8,14-17,20-21H2,1-5H3,(H,45,51)(H,46,52)/t22?,23?,31-,32-,40+/m0/s1. The van der Waals surface area contributed by atoms with Gasteiger partial charge in [0, 0.05) is 16.1 Å². The van der Waals surface area contributed by atoms with Gasteiger partial charge in [-0.3, -0.25) is 9.59 Å². The molecule has 2 aromatic heterocycles. The van der Waals surface area contributed by atoms with E-state index in [1.165, 1.54) is 0 Å². The molecule has 4 N–H and O–H groups in total. The number of esters is 1. The van der Waals surface area contributed by atoms with Crippen LogP contribution in [0.1, 0.15) is 106 Å². The van der Waals surface area contributed by atoms with Gasteiger partial charge in [-0.25, -0.2) is 9.59 Å². The molecule has 1 aliphatic rings. The van der Waals surface area contributed by atoms with Gasteiger partial charge < -0.3 is 35.0 Å². The molecule has 0 saturated carbocycles. The molecule has 0 spiro atoms. The Labute approximate surface area is 330 Å². The third kappa shape index (κ3) is 9.56. The molecule has 2 amide bonds. The Morgan fingerprint density at radius 2 is 1.75 bits per heavy atom. The highest BCUT2D eigenvalue weighted by Crippen LogP contribution is 2.45. The first-order chi connectivity index (χ1) is 26.3. The molecule has 13 nitrogen and oxygen atoms in total. The van der Waals surface area contributed by atoms with Crippen LogP contribution in [0.4, 0.5) is 4.79 Å². The van der Waals surface area contributed by atoms with E-state index in [9.17, 15) is 19.2 Å². The summed E-state index contributed by atoms with van der Waals surface area (Å²) < 4.78 is 15.9. The zero-order valence-electron chi connectivity index (χ0n) is 31.7. The van der Waals surface area contributed by atoms with Crippen LogP contribution in [0.2, 0.25) is 10.0 Å². The summed E-state index contributed by atoms with van der Waals surface area (Å²) in [7, 11) is 0. The summed E-state index contributed by atoms with van der Waals surface area (Å²) in [6, 6.07) is 10.9. The lowest BCUT2D eigenvalue weighted by Crippen LogP contribution is -2.49. The van der Waals surface area contributed by atoms with Gasteiger partial charge >= 0.3 is 12.1 Å². The molecule has 55 heavy (non-hydrogen) atoms. The number of hydrogen-bond acceptors (Lipinski definition) is 10. The molecule has 15 heteroatoms. The van der Waals surface area contributed by atoms with Crippen LogP contribution in [0.25, 0.3) is 10.9 Å². The van der Waals surface area contributed by atoms with Crippen molar-refractivity contribution in [3.05, 3.63) is 81.0 Å². The van der Waals surface area contributed by atoms with Crippen molar-refractivity contribution in [3.63, 3.8) is 0 Å². The van der Waals surface area contributed by atoms with Crippen LogP contribution in [0.3, 0.4) is 0 Å². The second-order valence-corrected chi connectivity index (χ2v) is 15.1. The van der Waals surface area contributed by atoms with Crippen LogP contribution in [0.5, 0.6) is 0 Å². The van der Waals surface area contributed by atoms with Crippen molar-refractivity contribution in [2.24, 2.45) is 17.3 Å². The maximum atomic E-state index is 14.8. The number of fused-ring (bicyclic) bond motifs is 3. The molecule has 2 unspecified atom stereocenters. The van der Waals surface area contributed by atoms with Gasteiger partial charge in [-0.1, -0.05) is 94.1 Å². The lowest BCUT2D eigenvalue weighted by molar-refractivity contribution is -0.133. The normalized spacial score (nSPS) is 17.4. The van der Waals surface area contributed by atoms with Gasteiger partial charge in [0.1, 0.15) is 12.6 Å². The molecule has 0 saturated heterocycles. The molecule has 5 atom stereocenters. The number of nitrogens with one attached hydrogen (secondary N) is 4. The Morgan fingerprint density at radius 3 is 2.44 bits per heavy atom. The monoisotopic (exact) mass is 794 g/mol. The number of amides is 2. The minimum atomic E-state index is -1.10. The number of Topliss-reactive ketones (excluding diaryl/α,β-unsaturated/α-hetero) is 1. The Kier molecular flexibility index (Phi) is 13.7. The van der Waals surface area contributed by atoms with E-state index in [-0.39, 0.29) is 67.6 Å². The van der Waals surface area contributed by atoms with Crippen molar-refractivity contribution in [1.29, 1.82) is 5.41 Å². The first-order valence-corrected chi connectivity index (χ1v) is 19.4. The SMILES string of the molecule is CCOC(=O)c1noc([C@@H](NC(=O)[C@]2(CCC(=N)C(=O)[C@@H](NC(=O)OCc3ccccc3)C(C)CC)CCc3[nH]c4c(Cl)cc(Cl)cc4c3C2)C(C)CC)n1. The Balaban J connectivity index is 1.42. The molecule has 2 aromatic carbocycles. The number of halogens is 2. The Bertz CT molecular complexity index is 2030. The van der Waals surface area contributed by atoms with E-state index < -0.39 is 35.3 Å². The maximum absolute atomic E-state index is 14.8. The first-order valence-electron chi connectivity index (χ1n) is 18.7. The zero-order valence-corrected chi connectivity index (χ0v) is 33.2. The predicted molar refractivity (Wildman–Crippen MR) is 208 cm³/mol. The minimum absolute atomic E-state index is 0.0286. The molecule has 2 heterocycles.